The monoisotopic (exact) mass is 421 g/mol. The molecule has 3 heterocycles. The molecule has 164 valence electrons. The minimum atomic E-state index is 0.0541. The molecule has 0 radical (unpaired) electrons. The highest BCUT2D eigenvalue weighted by Crippen LogP contribution is 2.19. The Hall–Kier alpha value is -2.86. The number of nitrogens with zero attached hydrogens (tertiary/aromatic N) is 3. The lowest BCUT2D eigenvalue weighted by molar-refractivity contribution is -0.00383. The smallest absolute Gasteiger partial charge is 0.253 e. The van der Waals surface area contributed by atoms with Crippen molar-refractivity contribution in [2.45, 2.75) is 52.2 Å². The Morgan fingerprint density at radius 2 is 2.10 bits per heavy atom. The van der Waals surface area contributed by atoms with Gasteiger partial charge in [0.25, 0.3) is 5.91 Å². The predicted molar refractivity (Wildman–Crippen MR) is 120 cm³/mol. The molecular formula is C25H31N3O3. The van der Waals surface area contributed by atoms with Crippen molar-refractivity contribution in [1.82, 2.24) is 14.3 Å². The second kappa shape index (κ2) is 9.96. The van der Waals surface area contributed by atoms with Crippen LogP contribution in [0.2, 0.25) is 0 Å². The van der Waals surface area contributed by atoms with E-state index in [1.165, 1.54) is 6.42 Å². The molecule has 3 aromatic rings. The van der Waals surface area contributed by atoms with Gasteiger partial charge in [0.15, 0.2) is 0 Å². The van der Waals surface area contributed by atoms with E-state index in [0.717, 1.165) is 55.1 Å². The molecule has 0 spiro atoms. The third-order valence-electron chi connectivity index (χ3n) is 5.69. The number of rotatable bonds is 8. The molecule has 0 aliphatic carbocycles. The summed E-state index contributed by atoms with van der Waals surface area (Å²) < 4.78 is 13.8. The zero-order chi connectivity index (χ0) is 21.6. The van der Waals surface area contributed by atoms with E-state index in [2.05, 4.69) is 11.9 Å². The van der Waals surface area contributed by atoms with Crippen molar-refractivity contribution in [3.05, 3.63) is 65.6 Å². The first-order chi connectivity index (χ1) is 15.1. The van der Waals surface area contributed by atoms with Crippen LogP contribution in [-0.4, -0.2) is 46.0 Å². The summed E-state index contributed by atoms with van der Waals surface area (Å²) >= 11 is 0. The number of aromatic nitrogens is 2. The van der Waals surface area contributed by atoms with E-state index in [-0.39, 0.29) is 12.0 Å². The average molecular weight is 422 g/mol. The molecule has 0 saturated carbocycles. The Labute approximate surface area is 183 Å². The van der Waals surface area contributed by atoms with E-state index < -0.39 is 0 Å². The summed E-state index contributed by atoms with van der Waals surface area (Å²) in [6, 6.07) is 11.5. The molecule has 1 atom stereocenters. The van der Waals surface area contributed by atoms with E-state index in [9.17, 15) is 4.79 Å². The molecule has 1 unspecified atom stereocenters. The van der Waals surface area contributed by atoms with Crippen LogP contribution in [0.15, 0.2) is 48.8 Å². The Morgan fingerprint density at radius 1 is 1.26 bits per heavy atom. The molecule has 4 rings (SSSR count). The molecule has 1 aromatic carbocycles. The van der Waals surface area contributed by atoms with Gasteiger partial charge in [-0.1, -0.05) is 13.0 Å². The van der Waals surface area contributed by atoms with Crippen LogP contribution in [-0.2, 0) is 11.3 Å². The van der Waals surface area contributed by atoms with Crippen molar-refractivity contribution >= 4 is 11.6 Å². The van der Waals surface area contributed by atoms with E-state index >= 15 is 0 Å². The molecular weight excluding hydrogens is 390 g/mol. The number of carbonyl (C=O) groups is 1. The minimum Gasteiger partial charge on any atom is -0.487 e. The summed E-state index contributed by atoms with van der Waals surface area (Å²) in [5.41, 5.74) is 3.63. The van der Waals surface area contributed by atoms with Crippen LogP contribution in [0.5, 0.6) is 5.75 Å². The molecule has 1 fully saturated rings. The van der Waals surface area contributed by atoms with Crippen molar-refractivity contribution < 1.29 is 14.3 Å². The van der Waals surface area contributed by atoms with Crippen LogP contribution in [0, 0.1) is 6.92 Å². The maximum absolute atomic E-state index is 13.0. The number of carbonyl (C=O) groups excluding carboxylic acids is 1. The van der Waals surface area contributed by atoms with Gasteiger partial charge in [-0.05, 0) is 68.5 Å². The summed E-state index contributed by atoms with van der Waals surface area (Å²) in [6.45, 7) is 6.74. The summed E-state index contributed by atoms with van der Waals surface area (Å²) in [6.07, 6.45) is 8.38. The first-order valence-electron chi connectivity index (χ1n) is 11.2. The quantitative estimate of drug-likeness (QED) is 0.532. The summed E-state index contributed by atoms with van der Waals surface area (Å²) in [7, 11) is 0. The van der Waals surface area contributed by atoms with Crippen molar-refractivity contribution in [2.75, 3.05) is 19.7 Å². The van der Waals surface area contributed by atoms with Gasteiger partial charge in [0.1, 0.15) is 18.0 Å². The van der Waals surface area contributed by atoms with Gasteiger partial charge in [0, 0.05) is 37.7 Å². The fourth-order valence-corrected chi connectivity index (χ4v) is 4.05. The SMILES string of the molecule is CCCN(CC1CCCCO1)C(=O)c1ccc(OCc2cn3cccc(C)c3n2)cc1. The molecule has 1 aliphatic rings. The lowest BCUT2D eigenvalue weighted by atomic mass is 10.1. The third-order valence-corrected chi connectivity index (χ3v) is 5.69. The van der Waals surface area contributed by atoms with Crippen LogP contribution < -0.4 is 4.74 Å². The predicted octanol–water partition coefficient (Wildman–Crippen LogP) is 4.64. The number of imidazole rings is 1. The number of fused-ring (bicyclic) bond motifs is 1. The van der Waals surface area contributed by atoms with Crippen molar-refractivity contribution in [3.8, 4) is 5.75 Å². The van der Waals surface area contributed by atoms with Gasteiger partial charge in [-0.15, -0.1) is 0 Å². The number of hydrogen-bond donors (Lipinski definition) is 0. The van der Waals surface area contributed by atoms with Gasteiger partial charge in [0.05, 0.1) is 11.8 Å². The second-order valence-electron chi connectivity index (χ2n) is 8.21. The standard InChI is InChI=1S/C25H31N3O3/c1-3-13-28(17-23-8-4-5-15-30-23)25(29)20-9-11-22(12-10-20)31-18-21-16-27-14-6-7-19(2)24(27)26-21/h6-7,9-12,14,16,23H,3-5,8,13,15,17-18H2,1-2H3. The van der Waals surface area contributed by atoms with E-state index in [0.29, 0.717) is 18.7 Å². The Bertz CT molecular complexity index is 1010. The van der Waals surface area contributed by atoms with Crippen LogP contribution in [0.1, 0.15) is 54.2 Å². The molecule has 6 heteroatoms. The van der Waals surface area contributed by atoms with Gasteiger partial charge >= 0.3 is 0 Å². The minimum absolute atomic E-state index is 0.0541. The number of ether oxygens (including phenoxy) is 2. The first-order valence-corrected chi connectivity index (χ1v) is 11.2. The highest BCUT2D eigenvalue weighted by atomic mass is 16.5. The van der Waals surface area contributed by atoms with Crippen molar-refractivity contribution in [3.63, 3.8) is 0 Å². The molecule has 2 aromatic heterocycles. The van der Waals surface area contributed by atoms with Crippen LogP contribution in [0.3, 0.4) is 0 Å². The van der Waals surface area contributed by atoms with Crippen molar-refractivity contribution in [2.24, 2.45) is 0 Å². The van der Waals surface area contributed by atoms with Gasteiger partial charge in [-0.2, -0.15) is 0 Å². The molecule has 6 nitrogen and oxygen atoms in total. The lowest BCUT2D eigenvalue weighted by Gasteiger charge is -2.30. The molecule has 0 bridgehead atoms. The Balaban J connectivity index is 1.37. The van der Waals surface area contributed by atoms with Gasteiger partial charge in [0.2, 0.25) is 0 Å². The Morgan fingerprint density at radius 3 is 2.81 bits per heavy atom. The largest absolute Gasteiger partial charge is 0.487 e. The maximum Gasteiger partial charge on any atom is 0.253 e. The maximum atomic E-state index is 13.0. The van der Waals surface area contributed by atoms with Crippen molar-refractivity contribution in [1.29, 1.82) is 0 Å². The zero-order valence-corrected chi connectivity index (χ0v) is 18.4. The molecule has 1 saturated heterocycles. The number of amides is 1. The molecule has 1 amide bonds. The fourth-order valence-electron chi connectivity index (χ4n) is 4.05. The molecule has 0 N–H and O–H groups in total. The average Bonchev–Trinajstić information content (AvgIpc) is 3.23. The number of hydrogen-bond acceptors (Lipinski definition) is 4. The fraction of sp³-hybridized carbons (Fsp3) is 0.440. The van der Waals surface area contributed by atoms with Crippen LogP contribution in [0.4, 0.5) is 0 Å². The van der Waals surface area contributed by atoms with E-state index in [1.54, 1.807) is 0 Å². The third kappa shape index (κ3) is 5.25. The number of benzene rings is 1. The molecule has 1 aliphatic heterocycles. The van der Waals surface area contributed by atoms with Crippen LogP contribution >= 0.6 is 0 Å². The highest BCUT2D eigenvalue weighted by Gasteiger charge is 2.22. The summed E-state index contributed by atoms with van der Waals surface area (Å²) in [4.78, 5) is 19.6. The summed E-state index contributed by atoms with van der Waals surface area (Å²) in [5, 5.41) is 0. The normalized spacial score (nSPS) is 16.4. The number of pyridine rings is 1. The highest BCUT2D eigenvalue weighted by molar-refractivity contribution is 5.94. The lowest BCUT2D eigenvalue weighted by Crippen LogP contribution is -2.40. The van der Waals surface area contributed by atoms with Crippen LogP contribution in [0.25, 0.3) is 5.65 Å². The molecule has 31 heavy (non-hydrogen) atoms. The Kier molecular flexibility index (Phi) is 6.87. The van der Waals surface area contributed by atoms with Gasteiger partial charge in [-0.3, -0.25) is 4.79 Å². The van der Waals surface area contributed by atoms with Gasteiger partial charge in [-0.25, -0.2) is 4.98 Å². The first kappa shape index (κ1) is 21.4. The second-order valence-corrected chi connectivity index (χ2v) is 8.21. The zero-order valence-electron chi connectivity index (χ0n) is 18.4. The summed E-state index contributed by atoms with van der Waals surface area (Å²) in [5.74, 6) is 0.779. The topological polar surface area (TPSA) is 56.1 Å². The van der Waals surface area contributed by atoms with E-state index in [4.69, 9.17) is 9.47 Å². The van der Waals surface area contributed by atoms with E-state index in [1.807, 2.05) is 65.0 Å². The number of aryl methyl sites for hydroxylation is 1. The van der Waals surface area contributed by atoms with Gasteiger partial charge < -0.3 is 18.8 Å².